The van der Waals surface area contributed by atoms with Crippen LogP contribution in [-0.2, 0) is 9.59 Å². The zero-order valence-electron chi connectivity index (χ0n) is 12.7. The van der Waals surface area contributed by atoms with E-state index in [0.717, 1.165) is 26.9 Å². The zero-order chi connectivity index (χ0) is 16.1. The van der Waals surface area contributed by atoms with E-state index in [2.05, 4.69) is 27.8 Å². The number of rotatable bonds is 2. The number of benzene rings is 1. The number of amides is 1. The molecule has 3 rings (SSSR count). The van der Waals surface area contributed by atoms with Crippen molar-refractivity contribution in [2.45, 2.75) is 26.7 Å². The molecule has 2 aliphatic carbocycles. The summed E-state index contributed by atoms with van der Waals surface area (Å²) in [7, 11) is 0. The molecule has 0 heterocycles. The smallest absolute Gasteiger partial charge is 0.234 e. The number of allylic oxidation sites excluding steroid dienone is 2. The molecule has 0 aliphatic heterocycles. The van der Waals surface area contributed by atoms with Gasteiger partial charge >= 0.3 is 0 Å². The standard InChI is InChI=1S/C18H18BrNO2/c1-10-6-13(19)7-11(2)16(10)20-17(22)18-5-4-15(21)14(9-18)12(3)8-18/h4-7,14H,3,8-9H2,1-2H3,(H,20,22)/t14-,18+/m1/s1. The van der Waals surface area contributed by atoms with E-state index in [1.165, 1.54) is 0 Å². The van der Waals surface area contributed by atoms with Crippen molar-refractivity contribution in [1.82, 2.24) is 0 Å². The minimum Gasteiger partial charge on any atom is -0.325 e. The van der Waals surface area contributed by atoms with Crippen molar-refractivity contribution in [1.29, 1.82) is 0 Å². The third-order valence-electron chi connectivity index (χ3n) is 4.70. The SMILES string of the molecule is C=C1C[C@@]2(C(=O)Nc3c(C)cc(Br)cc3C)C=CC(=O)[C@@H]1C2. The summed E-state index contributed by atoms with van der Waals surface area (Å²) in [6.45, 7) is 7.93. The number of aryl methyl sites for hydroxylation is 2. The highest BCUT2D eigenvalue weighted by Gasteiger charge is 2.49. The second kappa shape index (κ2) is 5.20. The summed E-state index contributed by atoms with van der Waals surface area (Å²) in [6.07, 6.45) is 4.41. The van der Waals surface area contributed by atoms with E-state index >= 15 is 0 Å². The number of hydrogen-bond acceptors (Lipinski definition) is 2. The molecule has 1 aromatic carbocycles. The van der Waals surface area contributed by atoms with Crippen LogP contribution in [0, 0.1) is 25.2 Å². The summed E-state index contributed by atoms with van der Waals surface area (Å²) < 4.78 is 0.996. The van der Waals surface area contributed by atoms with Gasteiger partial charge in [0.15, 0.2) is 5.78 Å². The highest BCUT2D eigenvalue weighted by Crippen LogP contribution is 2.49. The summed E-state index contributed by atoms with van der Waals surface area (Å²) in [5, 5.41) is 3.07. The van der Waals surface area contributed by atoms with Gasteiger partial charge in [-0.05, 0) is 56.0 Å². The second-order valence-corrected chi connectivity index (χ2v) is 7.27. The molecule has 0 radical (unpaired) electrons. The van der Waals surface area contributed by atoms with Gasteiger partial charge in [0.1, 0.15) is 0 Å². The highest BCUT2D eigenvalue weighted by atomic mass is 79.9. The first-order valence-corrected chi connectivity index (χ1v) is 8.11. The first-order chi connectivity index (χ1) is 10.3. The van der Waals surface area contributed by atoms with Crippen LogP contribution in [0.25, 0.3) is 0 Å². The molecule has 2 bridgehead atoms. The molecular weight excluding hydrogens is 342 g/mol. The molecule has 114 valence electrons. The van der Waals surface area contributed by atoms with Gasteiger partial charge in [0.25, 0.3) is 0 Å². The van der Waals surface area contributed by atoms with Crippen molar-refractivity contribution < 1.29 is 9.59 Å². The number of hydrogen-bond donors (Lipinski definition) is 1. The fourth-order valence-electron chi connectivity index (χ4n) is 3.49. The third-order valence-corrected chi connectivity index (χ3v) is 5.16. The van der Waals surface area contributed by atoms with Crippen molar-refractivity contribution in [3.05, 3.63) is 52.0 Å². The number of fused-ring (bicyclic) bond motifs is 2. The normalized spacial score (nSPS) is 26.4. The van der Waals surface area contributed by atoms with E-state index in [9.17, 15) is 9.59 Å². The van der Waals surface area contributed by atoms with Crippen LogP contribution in [0.4, 0.5) is 5.69 Å². The van der Waals surface area contributed by atoms with Crippen LogP contribution in [-0.4, -0.2) is 11.7 Å². The molecule has 1 saturated carbocycles. The predicted molar refractivity (Wildman–Crippen MR) is 90.7 cm³/mol. The Labute approximate surface area is 138 Å². The minimum atomic E-state index is -0.623. The van der Waals surface area contributed by atoms with Gasteiger partial charge in [-0.15, -0.1) is 0 Å². The predicted octanol–water partition coefficient (Wildman–Crippen LogP) is 4.10. The number of nitrogens with one attached hydrogen (secondary N) is 1. The molecule has 1 amide bonds. The van der Waals surface area contributed by atoms with Crippen LogP contribution < -0.4 is 5.32 Å². The Bertz CT molecular complexity index is 712. The fraction of sp³-hybridized carbons (Fsp3) is 0.333. The summed E-state index contributed by atoms with van der Waals surface area (Å²) in [6, 6.07) is 3.97. The molecule has 1 fully saturated rings. The van der Waals surface area contributed by atoms with Gasteiger partial charge in [0, 0.05) is 16.1 Å². The quantitative estimate of drug-likeness (QED) is 0.808. The summed E-state index contributed by atoms with van der Waals surface area (Å²) in [5.41, 5.74) is 3.12. The van der Waals surface area contributed by atoms with E-state index in [0.29, 0.717) is 12.8 Å². The molecule has 1 aromatic rings. The van der Waals surface area contributed by atoms with Crippen molar-refractivity contribution in [2.75, 3.05) is 5.32 Å². The maximum atomic E-state index is 12.9. The molecule has 2 atom stereocenters. The number of carbonyl (C=O) groups excluding carboxylic acids is 2. The maximum absolute atomic E-state index is 12.9. The minimum absolute atomic E-state index is 0.0478. The molecule has 0 spiro atoms. The molecule has 3 nitrogen and oxygen atoms in total. The Morgan fingerprint density at radius 2 is 2.00 bits per heavy atom. The summed E-state index contributed by atoms with van der Waals surface area (Å²) in [4.78, 5) is 24.7. The van der Waals surface area contributed by atoms with Gasteiger partial charge in [-0.3, -0.25) is 9.59 Å². The fourth-order valence-corrected chi connectivity index (χ4v) is 4.18. The lowest BCUT2D eigenvalue weighted by atomic mass is 9.79. The van der Waals surface area contributed by atoms with Crippen LogP contribution in [0.2, 0.25) is 0 Å². The Morgan fingerprint density at radius 1 is 1.36 bits per heavy atom. The molecule has 22 heavy (non-hydrogen) atoms. The van der Waals surface area contributed by atoms with Crippen LogP contribution in [0.5, 0.6) is 0 Å². The van der Waals surface area contributed by atoms with Crippen LogP contribution in [0.15, 0.2) is 40.9 Å². The molecule has 1 N–H and O–H groups in total. The van der Waals surface area contributed by atoms with Crippen molar-refractivity contribution in [2.24, 2.45) is 11.3 Å². The molecule has 0 unspecified atom stereocenters. The van der Waals surface area contributed by atoms with E-state index in [-0.39, 0.29) is 17.6 Å². The maximum Gasteiger partial charge on any atom is 0.234 e. The molecular formula is C18H18BrNO2. The van der Waals surface area contributed by atoms with Gasteiger partial charge < -0.3 is 5.32 Å². The number of halogens is 1. The van der Waals surface area contributed by atoms with Gasteiger partial charge in [-0.2, -0.15) is 0 Å². The monoisotopic (exact) mass is 359 g/mol. The van der Waals surface area contributed by atoms with Crippen LogP contribution >= 0.6 is 15.9 Å². The first-order valence-electron chi connectivity index (χ1n) is 7.31. The number of anilines is 1. The summed E-state index contributed by atoms with van der Waals surface area (Å²) in [5.74, 6) is -0.168. The van der Waals surface area contributed by atoms with E-state index < -0.39 is 5.41 Å². The van der Waals surface area contributed by atoms with Crippen LogP contribution in [0.1, 0.15) is 24.0 Å². The third kappa shape index (κ3) is 2.35. The van der Waals surface area contributed by atoms with Crippen molar-refractivity contribution in [3.63, 3.8) is 0 Å². The van der Waals surface area contributed by atoms with E-state index in [1.807, 2.05) is 26.0 Å². The van der Waals surface area contributed by atoms with Gasteiger partial charge in [0.05, 0.1) is 5.41 Å². The van der Waals surface area contributed by atoms with Crippen LogP contribution in [0.3, 0.4) is 0 Å². The molecule has 0 aromatic heterocycles. The van der Waals surface area contributed by atoms with E-state index in [4.69, 9.17) is 0 Å². The Morgan fingerprint density at radius 3 is 2.64 bits per heavy atom. The Balaban J connectivity index is 1.92. The van der Waals surface area contributed by atoms with Gasteiger partial charge in [0.2, 0.25) is 5.91 Å². The highest BCUT2D eigenvalue weighted by molar-refractivity contribution is 9.10. The average molecular weight is 360 g/mol. The molecule has 4 heteroatoms. The lowest BCUT2D eigenvalue weighted by Crippen LogP contribution is -2.35. The Hall–Kier alpha value is -1.68. The number of ketones is 1. The second-order valence-electron chi connectivity index (χ2n) is 6.35. The summed E-state index contributed by atoms with van der Waals surface area (Å²) >= 11 is 3.46. The average Bonchev–Trinajstić information content (AvgIpc) is 2.73. The zero-order valence-corrected chi connectivity index (χ0v) is 14.3. The van der Waals surface area contributed by atoms with Gasteiger partial charge in [-0.1, -0.05) is 34.2 Å². The van der Waals surface area contributed by atoms with Crippen molar-refractivity contribution >= 4 is 33.3 Å². The lowest BCUT2D eigenvalue weighted by Gasteiger charge is -2.27. The molecule has 0 saturated heterocycles. The lowest BCUT2D eigenvalue weighted by molar-refractivity contribution is -0.124. The Kier molecular flexibility index (Phi) is 3.60. The number of carbonyl (C=O) groups is 2. The first kappa shape index (κ1) is 15.2. The molecule has 2 aliphatic rings. The topological polar surface area (TPSA) is 46.2 Å². The van der Waals surface area contributed by atoms with Gasteiger partial charge in [-0.25, -0.2) is 0 Å². The van der Waals surface area contributed by atoms with Crippen molar-refractivity contribution in [3.8, 4) is 0 Å². The largest absolute Gasteiger partial charge is 0.325 e. The van der Waals surface area contributed by atoms with E-state index in [1.54, 1.807) is 12.2 Å².